The van der Waals surface area contributed by atoms with Crippen LogP contribution in [0.5, 0.6) is 0 Å². The summed E-state index contributed by atoms with van der Waals surface area (Å²) in [7, 11) is 0. The molecule has 1 aromatic carbocycles. The van der Waals surface area contributed by atoms with Crippen LogP contribution < -0.4 is 5.32 Å². The number of benzene rings is 1. The zero-order chi connectivity index (χ0) is 13.4. The first-order valence-corrected chi connectivity index (χ1v) is 6.78. The van der Waals surface area contributed by atoms with Crippen LogP contribution in [0.1, 0.15) is 30.8 Å². The van der Waals surface area contributed by atoms with Gasteiger partial charge in [0.15, 0.2) is 0 Å². The molecular weight excluding hydrogens is 265 g/mol. The fraction of sp³-hybridized carbons (Fsp3) is 0.333. The molecule has 1 aliphatic carbocycles. The minimum absolute atomic E-state index is 0.345. The van der Waals surface area contributed by atoms with Crippen LogP contribution >= 0.6 is 11.6 Å². The molecule has 0 radical (unpaired) electrons. The van der Waals surface area contributed by atoms with E-state index >= 15 is 0 Å². The summed E-state index contributed by atoms with van der Waals surface area (Å²) in [5.74, 6) is 2.88. The molecule has 1 aromatic heterocycles. The van der Waals surface area contributed by atoms with Crippen molar-refractivity contribution in [2.24, 2.45) is 5.92 Å². The van der Waals surface area contributed by atoms with Crippen molar-refractivity contribution in [3.05, 3.63) is 52.7 Å². The third-order valence-electron chi connectivity index (χ3n) is 3.49. The molecule has 0 amide bonds. The number of rotatable bonds is 4. The van der Waals surface area contributed by atoms with Crippen LogP contribution in [-0.4, -0.2) is 0 Å². The molecule has 3 rings (SSSR count). The number of anilines is 1. The van der Waals surface area contributed by atoms with Gasteiger partial charge in [-0.05, 0) is 42.7 Å². The Morgan fingerprint density at radius 2 is 2.16 bits per heavy atom. The second-order valence-corrected chi connectivity index (χ2v) is 5.57. The summed E-state index contributed by atoms with van der Waals surface area (Å²) in [5.41, 5.74) is 0.655. The number of nitrogens with one attached hydrogen (secondary N) is 1. The van der Waals surface area contributed by atoms with Gasteiger partial charge >= 0.3 is 0 Å². The van der Waals surface area contributed by atoms with Crippen LogP contribution in [0, 0.1) is 11.7 Å². The molecule has 0 saturated heterocycles. The van der Waals surface area contributed by atoms with Gasteiger partial charge in [-0.1, -0.05) is 18.5 Å². The van der Waals surface area contributed by atoms with Gasteiger partial charge in [0.2, 0.25) is 0 Å². The second-order valence-electron chi connectivity index (χ2n) is 5.14. The van der Waals surface area contributed by atoms with E-state index in [9.17, 15) is 4.39 Å². The molecule has 1 heterocycles. The van der Waals surface area contributed by atoms with Gasteiger partial charge in [-0.25, -0.2) is 4.39 Å². The van der Waals surface area contributed by atoms with E-state index in [1.165, 1.54) is 18.6 Å². The van der Waals surface area contributed by atoms with Crippen LogP contribution in [0.3, 0.4) is 0 Å². The highest BCUT2D eigenvalue weighted by molar-refractivity contribution is 6.30. The van der Waals surface area contributed by atoms with Gasteiger partial charge in [0, 0.05) is 16.6 Å². The maximum atomic E-state index is 13.2. The van der Waals surface area contributed by atoms with Gasteiger partial charge in [-0.3, -0.25) is 0 Å². The summed E-state index contributed by atoms with van der Waals surface area (Å²) in [6, 6.07) is 8.39. The van der Waals surface area contributed by atoms with E-state index in [-0.39, 0.29) is 5.82 Å². The lowest BCUT2D eigenvalue weighted by atomic mass is 10.3. The zero-order valence-electron chi connectivity index (χ0n) is 10.6. The molecule has 0 aliphatic heterocycles. The van der Waals surface area contributed by atoms with Crippen molar-refractivity contribution in [1.29, 1.82) is 0 Å². The average molecular weight is 280 g/mol. The Morgan fingerprint density at radius 3 is 2.84 bits per heavy atom. The third-order valence-corrected chi connectivity index (χ3v) is 3.70. The predicted octanol–water partition coefficient (Wildman–Crippen LogP) is 4.81. The van der Waals surface area contributed by atoms with Crippen LogP contribution in [0.25, 0.3) is 0 Å². The number of hydrogen-bond acceptors (Lipinski definition) is 2. The first-order chi connectivity index (χ1) is 9.11. The molecule has 2 atom stereocenters. The Bertz CT molecular complexity index is 575. The zero-order valence-corrected chi connectivity index (χ0v) is 11.4. The van der Waals surface area contributed by atoms with Crippen molar-refractivity contribution >= 4 is 17.3 Å². The molecule has 0 spiro atoms. The molecule has 1 N–H and O–H groups in total. The SMILES string of the molecule is CC1CC1c1ccc(CNc2cc(F)cc(Cl)c2)o1. The molecular formula is C15H15ClFNO. The molecule has 19 heavy (non-hydrogen) atoms. The Morgan fingerprint density at radius 1 is 1.37 bits per heavy atom. The summed E-state index contributed by atoms with van der Waals surface area (Å²) in [4.78, 5) is 0. The van der Waals surface area contributed by atoms with Gasteiger partial charge in [0.05, 0.1) is 6.54 Å². The Balaban J connectivity index is 1.64. The highest BCUT2D eigenvalue weighted by Crippen LogP contribution is 2.47. The third kappa shape index (κ3) is 2.92. The lowest BCUT2D eigenvalue weighted by Gasteiger charge is -2.05. The standard InChI is InChI=1S/C15H15ClFNO/c1-9-4-14(9)15-3-2-13(19-15)8-18-12-6-10(16)5-11(17)7-12/h2-3,5-7,9,14,18H,4,8H2,1H3. The summed E-state index contributed by atoms with van der Waals surface area (Å²) < 4.78 is 18.9. The highest BCUT2D eigenvalue weighted by Gasteiger charge is 2.36. The van der Waals surface area contributed by atoms with Gasteiger partial charge < -0.3 is 9.73 Å². The largest absolute Gasteiger partial charge is 0.464 e. The van der Waals surface area contributed by atoms with Crippen LogP contribution in [-0.2, 0) is 6.54 Å². The number of halogens is 2. The Kier molecular flexibility index (Phi) is 3.23. The predicted molar refractivity (Wildman–Crippen MR) is 74.0 cm³/mol. The first kappa shape index (κ1) is 12.5. The van der Waals surface area contributed by atoms with E-state index in [0.717, 1.165) is 17.4 Å². The highest BCUT2D eigenvalue weighted by atomic mass is 35.5. The van der Waals surface area contributed by atoms with E-state index in [4.69, 9.17) is 16.0 Å². The molecule has 1 aliphatic rings. The lowest BCUT2D eigenvalue weighted by Crippen LogP contribution is -1.98. The Labute approximate surface area is 116 Å². The summed E-state index contributed by atoms with van der Waals surface area (Å²) in [6.07, 6.45) is 1.21. The maximum absolute atomic E-state index is 13.2. The first-order valence-electron chi connectivity index (χ1n) is 6.40. The van der Waals surface area contributed by atoms with Crippen molar-refractivity contribution in [2.45, 2.75) is 25.8 Å². The minimum Gasteiger partial charge on any atom is -0.464 e. The van der Waals surface area contributed by atoms with Crippen LogP contribution in [0.15, 0.2) is 34.7 Å². The minimum atomic E-state index is -0.345. The van der Waals surface area contributed by atoms with Crippen molar-refractivity contribution in [3.63, 3.8) is 0 Å². The van der Waals surface area contributed by atoms with Gasteiger partial charge in [-0.2, -0.15) is 0 Å². The molecule has 1 saturated carbocycles. The van der Waals surface area contributed by atoms with Crippen LogP contribution in [0.4, 0.5) is 10.1 Å². The van der Waals surface area contributed by atoms with E-state index in [0.29, 0.717) is 23.2 Å². The molecule has 2 unspecified atom stereocenters. The van der Waals surface area contributed by atoms with Crippen molar-refractivity contribution in [1.82, 2.24) is 0 Å². The Hall–Kier alpha value is -1.48. The lowest BCUT2D eigenvalue weighted by molar-refractivity contribution is 0.468. The maximum Gasteiger partial charge on any atom is 0.126 e. The van der Waals surface area contributed by atoms with Crippen molar-refractivity contribution < 1.29 is 8.81 Å². The quantitative estimate of drug-likeness (QED) is 0.869. The summed E-state index contributed by atoms with van der Waals surface area (Å²) in [5, 5.41) is 3.49. The smallest absolute Gasteiger partial charge is 0.126 e. The fourth-order valence-corrected chi connectivity index (χ4v) is 2.47. The van der Waals surface area contributed by atoms with Crippen molar-refractivity contribution in [3.8, 4) is 0 Å². The molecule has 2 aromatic rings. The number of hydrogen-bond donors (Lipinski definition) is 1. The molecule has 4 heteroatoms. The molecule has 0 bridgehead atoms. The van der Waals surface area contributed by atoms with E-state index in [2.05, 4.69) is 12.2 Å². The number of furan rings is 1. The molecule has 100 valence electrons. The fourth-order valence-electron chi connectivity index (χ4n) is 2.25. The summed E-state index contributed by atoms with van der Waals surface area (Å²) in [6.45, 7) is 2.75. The molecule has 2 nitrogen and oxygen atoms in total. The van der Waals surface area contributed by atoms with Gasteiger partial charge in [-0.15, -0.1) is 0 Å². The molecule has 1 fully saturated rings. The summed E-state index contributed by atoms with van der Waals surface area (Å²) >= 11 is 5.80. The monoisotopic (exact) mass is 279 g/mol. The average Bonchev–Trinajstić information content (AvgIpc) is 2.89. The van der Waals surface area contributed by atoms with E-state index in [1.54, 1.807) is 6.07 Å². The van der Waals surface area contributed by atoms with Gasteiger partial charge in [0.25, 0.3) is 0 Å². The van der Waals surface area contributed by atoms with Crippen molar-refractivity contribution in [2.75, 3.05) is 5.32 Å². The van der Waals surface area contributed by atoms with E-state index in [1.807, 2.05) is 12.1 Å². The second kappa shape index (κ2) is 4.89. The topological polar surface area (TPSA) is 25.2 Å². The van der Waals surface area contributed by atoms with E-state index < -0.39 is 0 Å². The van der Waals surface area contributed by atoms with Crippen LogP contribution in [0.2, 0.25) is 5.02 Å². The van der Waals surface area contributed by atoms with Gasteiger partial charge in [0.1, 0.15) is 17.3 Å². The normalized spacial score (nSPS) is 21.4.